The Kier molecular flexibility index (Phi) is 4.20. The number of carbonyl (C=O) groups is 2. The summed E-state index contributed by atoms with van der Waals surface area (Å²) in [5.74, 6) is -0.442. The molecule has 3 N–H and O–H groups in total. The second kappa shape index (κ2) is 5.89. The summed E-state index contributed by atoms with van der Waals surface area (Å²) >= 11 is 3.41. The van der Waals surface area contributed by atoms with E-state index in [9.17, 15) is 14.7 Å². The van der Waals surface area contributed by atoms with Gasteiger partial charge in [0.15, 0.2) is 0 Å². The van der Waals surface area contributed by atoms with Crippen molar-refractivity contribution < 1.29 is 19.4 Å². The molecule has 6 nitrogen and oxygen atoms in total. The first-order chi connectivity index (χ1) is 10.8. The smallest absolute Gasteiger partial charge is 0.322 e. The maximum absolute atomic E-state index is 12.6. The van der Waals surface area contributed by atoms with E-state index in [0.29, 0.717) is 18.6 Å². The quantitative estimate of drug-likeness (QED) is 0.694. The van der Waals surface area contributed by atoms with Gasteiger partial charge in [-0.25, -0.2) is 4.79 Å². The van der Waals surface area contributed by atoms with Crippen LogP contribution in [0.2, 0.25) is 0 Å². The fraction of sp³-hybridized carbons (Fsp3) is 0.500. The van der Waals surface area contributed by atoms with E-state index in [1.54, 1.807) is 0 Å². The van der Waals surface area contributed by atoms with Crippen LogP contribution in [0.25, 0.3) is 0 Å². The molecule has 0 aromatic heterocycles. The molecule has 0 saturated carbocycles. The summed E-state index contributed by atoms with van der Waals surface area (Å²) in [6.45, 7) is 2.64. The molecule has 1 aromatic rings. The van der Waals surface area contributed by atoms with Crippen LogP contribution in [-0.4, -0.2) is 35.9 Å². The van der Waals surface area contributed by atoms with E-state index in [-0.39, 0.29) is 13.0 Å². The van der Waals surface area contributed by atoms with Crippen molar-refractivity contribution in [2.24, 2.45) is 0 Å². The Morgan fingerprint density at radius 1 is 1.39 bits per heavy atom. The number of aliphatic hydroxyl groups is 1. The van der Waals surface area contributed by atoms with Gasteiger partial charge >= 0.3 is 6.03 Å². The van der Waals surface area contributed by atoms with Gasteiger partial charge in [-0.2, -0.15) is 0 Å². The third-order valence-electron chi connectivity index (χ3n) is 4.50. The first kappa shape index (κ1) is 16.4. The number of carbonyl (C=O) groups excluding carboxylic acids is 2. The van der Waals surface area contributed by atoms with Crippen LogP contribution in [0.4, 0.5) is 4.79 Å². The minimum atomic E-state index is -1.29. The Labute approximate surface area is 142 Å². The second-order valence-corrected chi connectivity index (χ2v) is 7.25. The van der Waals surface area contributed by atoms with Gasteiger partial charge < -0.3 is 15.2 Å². The van der Waals surface area contributed by atoms with E-state index in [1.165, 1.54) is 0 Å². The lowest BCUT2D eigenvalue weighted by Crippen LogP contribution is -2.53. The Bertz CT molecular complexity index is 657. The molecular formula is C16H19BrN2O4. The highest BCUT2D eigenvalue weighted by molar-refractivity contribution is 9.10. The molecule has 2 heterocycles. The van der Waals surface area contributed by atoms with Gasteiger partial charge in [0.05, 0.1) is 12.2 Å². The molecule has 2 saturated heterocycles. The van der Waals surface area contributed by atoms with Crippen molar-refractivity contribution in [1.82, 2.24) is 10.6 Å². The van der Waals surface area contributed by atoms with E-state index in [4.69, 9.17) is 4.74 Å². The Morgan fingerprint density at radius 3 is 2.78 bits per heavy atom. The lowest BCUT2D eigenvalue weighted by atomic mass is 9.76. The molecule has 0 radical (unpaired) electrons. The largest absolute Gasteiger partial charge is 0.387 e. The fourth-order valence-electron chi connectivity index (χ4n) is 3.43. The highest BCUT2D eigenvalue weighted by atomic mass is 79.9. The summed E-state index contributed by atoms with van der Waals surface area (Å²) in [6, 6.07) is 5.02. The highest BCUT2D eigenvalue weighted by Gasteiger charge is 2.53. The van der Waals surface area contributed by atoms with Crippen LogP contribution in [0.15, 0.2) is 22.7 Å². The van der Waals surface area contributed by atoms with Gasteiger partial charge in [0.2, 0.25) is 0 Å². The fourth-order valence-corrected chi connectivity index (χ4v) is 3.79. The summed E-state index contributed by atoms with van der Waals surface area (Å²) in [7, 11) is 0. The predicted molar refractivity (Wildman–Crippen MR) is 86.9 cm³/mol. The molecule has 2 unspecified atom stereocenters. The molecular weight excluding hydrogens is 364 g/mol. The van der Waals surface area contributed by atoms with Crippen molar-refractivity contribution in [3.8, 4) is 0 Å². The molecule has 2 aliphatic heterocycles. The number of nitrogens with one attached hydrogen (secondary N) is 2. The number of ether oxygens (including phenoxy) is 1. The van der Waals surface area contributed by atoms with Crippen molar-refractivity contribution in [2.75, 3.05) is 13.2 Å². The van der Waals surface area contributed by atoms with Crippen LogP contribution in [0.5, 0.6) is 0 Å². The van der Waals surface area contributed by atoms with Gasteiger partial charge in [0.25, 0.3) is 5.91 Å². The van der Waals surface area contributed by atoms with E-state index in [1.807, 2.05) is 25.1 Å². The number of rotatable bonds is 3. The molecule has 3 rings (SSSR count). The van der Waals surface area contributed by atoms with Crippen LogP contribution < -0.4 is 10.6 Å². The third kappa shape index (κ3) is 3.00. The predicted octanol–water partition coefficient (Wildman–Crippen LogP) is 1.72. The van der Waals surface area contributed by atoms with Gasteiger partial charge in [-0.15, -0.1) is 0 Å². The van der Waals surface area contributed by atoms with Crippen LogP contribution in [-0.2, 0) is 15.1 Å². The normalized spacial score (nSPS) is 30.9. The van der Waals surface area contributed by atoms with Crippen LogP contribution in [0.3, 0.4) is 0 Å². The van der Waals surface area contributed by atoms with Crippen LogP contribution in [0.1, 0.15) is 30.4 Å². The lowest BCUT2D eigenvalue weighted by Gasteiger charge is -2.39. The van der Waals surface area contributed by atoms with Gasteiger partial charge in [-0.05, 0) is 43.0 Å². The summed E-state index contributed by atoms with van der Waals surface area (Å²) in [4.78, 5) is 24.4. The number of imide groups is 1. The van der Waals surface area contributed by atoms with E-state index in [2.05, 4.69) is 26.6 Å². The number of hydrogen-bond donors (Lipinski definition) is 3. The van der Waals surface area contributed by atoms with Crippen molar-refractivity contribution in [2.45, 2.75) is 37.3 Å². The monoisotopic (exact) mass is 382 g/mol. The first-order valence-corrected chi connectivity index (χ1v) is 8.34. The van der Waals surface area contributed by atoms with Gasteiger partial charge in [0.1, 0.15) is 5.54 Å². The zero-order valence-electron chi connectivity index (χ0n) is 12.8. The van der Waals surface area contributed by atoms with Crippen molar-refractivity contribution in [3.05, 3.63) is 33.8 Å². The summed E-state index contributed by atoms with van der Waals surface area (Å²) in [5.41, 5.74) is -0.900. The number of amides is 3. The van der Waals surface area contributed by atoms with Crippen LogP contribution in [0, 0.1) is 6.92 Å². The molecule has 2 atom stereocenters. The summed E-state index contributed by atoms with van der Waals surface area (Å²) in [5, 5.41) is 15.9. The molecule has 0 aliphatic carbocycles. The van der Waals surface area contributed by atoms with Crippen LogP contribution >= 0.6 is 15.9 Å². The average Bonchev–Trinajstić information content (AvgIpc) is 2.76. The number of halogens is 1. The Hall–Kier alpha value is -1.44. The number of urea groups is 1. The molecule has 1 aromatic carbocycles. The molecule has 0 spiro atoms. The van der Waals surface area contributed by atoms with Crippen molar-refractivity contribution in [3.63, 3.8) is 0 Å². The van der Waals surface area contributed by atoms with Crippen molar-refractivity contribution in [1.29, 1.82) is 0 Å². The maximum atomic E-state index is 12.6. The maximum Gasteiger partial charge on any atom is 0.322 e. The SMILES string of the molecule is Cc1ccc(Br)cc1C1(CC2(O)CCCOC2)NC(=O)NC1=O. The van der Waals surface area contributed by atoms with Gasteiger partial charge in [-0.3, -0.25) is 10.1 Å². The Morgan fingerprint density at radius 2 is 2.17 bits per heavy atom. The molecule has 7 heteroatoms. The summed E-state index contributed by atoms with van der Waals surface area (Å²) in [6.07, 6.45) is 1.33. The zero-order valence-corrected chi connectivity index (χ0v) is 14.4. The molecule has 2 fully saturated rings. The topological polar surface area (TPSA) is 87.7 Å². The number of aryl methyl sites for hydroxylation is 1. The standard InChI is InChI=1S/C16H19BrN2O4/c1-10-3-4-11(17)7-12(10)16(13(20)18-14(21)19-16)8-15(22)5-2-6-23-9-15/h3-4,7,22H,2,5-6,8-9H2,1H3,(H2,18,19,20,21). The Balaban J connectivity index is 2.06. The second-order valence-electron chi connectivity index (χ2n) is 6.33. The third-order valence-corrected chi connectivity index (χ3v) is 4.99. The van der Waals surface area contributed by atoms with E-state index < -0.39 is 23.1 Å². The molecule has 124 valence electrons. The average molecular weight is 383 g/mol. The zero-order chi connectivity index (χ0) is 16.7. The highest BCUT2D eigenvalue weighted by Crippen LogP contribution is 2.39. The van der Waals surface area contributed by atoms with E-state index in [0.717, 1.165) is 16.5 Å². The minimum absolute atomic E-state index is 0.0782. The molecule has 0 bridgehead atoms. The summed E-state index contributed by atoms with van der Waals surface area (Å²) < 4.78 is 6.19. The van der Waals surface area contributed by atoms with Gasteiger partial charge in [-0.1, -0.05) is 22.0 Å². The number of hydrogen-bond acceptors (Lipinski definition) is 4. The minimum Gasteiger partial charge on any atom is -0.387 e. The first-order valence-electron chi connectivity index (χ1n) is 7.55. The molecule has 2 aliphatic rings. The van der Waals surface area contributed by atoms with Gasteiger partial charge in [0, 0.05) is 17.5 Å². The molecule has 23 heavy (non-hydrogen) atoms. The molecule has 3 amide bonds. The lowest BCUT2D eigenvalue weighted by molar-refractivity contribution is -0.133. The van der Waals surface area contributed by atoms with E-state index >= 15 is 0 Å². The number of benzene rings is 1. The van der Waals surface area contributed by atoms with Crippen molar-refractivity contribution >= 4 is 27.9 Å².